The van der Waals surface area contributed by atoms with Crippen molar-refractivity contribution in [2.75, 3.05) is 33.4 Å². The molecule has 4 nitrogen and oxygen atoms in total. The third-order valence-corrected chi connectivity index (χ3v) is 2.71. The number of methoxy groups -OCH3 is 1. The molecule has 1 rings (SSSR count). The van der Waals surface area contributed by atoms with E-state index in [0.717, 1.165) is 19.5 Å². The van der Waals surface area contributed by atoms with Crippen molar-refractivity contribution >= 4 is 5.97 Å². The highest BCUT2D eigenvalue weighted by Gasteiger charge is 2.14. The Morgan fingerprint density at radius 1 is 1.47 bits per heavy atom. The second kappa shape index (κ2) is 7.65. The van der Waals surface area contributed by atoms with Crippen LogP contribution in [0.4, 0.5) is 0 Å². The summed E-state index contributed by atoms with van der Waals surface area (Å²) in [6, 6.07) is 0. The monoisotopic (exact) mass is 215 g/mol. The quantitative estimate of drug-likeness (QED) is 0.529. The average Bonchev–Trinajstić information content (AvgIpc) is 2.28. The van der Waals surface area contributed by atoms with Gasteiger partial charge in [-0.2, -0.15) is 0 Å². The van der Waals surface area contributed by atoms with Crippen LogP contribution in [0.2, 0.25) is 0 Å². The van der Waals surface area contributed by atoms with Crippen molar-refractivity contribution in [1.82, 2.24) is 5.32 Å². The molecule has 15 heavy (non-hydrogen) atoms. The first kappa shape index (κ1) is 12.5. The van der Waals surface area contributed by atoms with E-state index in [-0.39, 0.29) is 5.97 Å². The standard InChI is InChI=1S/C11H21NO3/c1-14-7-8-15-11(13)5-4-10-3-2-6-12-9-10/h10,12H,2-9H2,1H3. The zero-order chi connectivity index (χ0) is 10.9. The first-order valence-corrected chi connectivity index (χ1v) is 5.68. The Balaban J connectivity index is 2.00. The van der Waals surface area contributed by atoms with E-state index in [1.165, 1.54) is 12.8 Å². The third-order valence-electron chi connectivity index (χ3n) is 2.71. The summed E-state index contributed by atoms with van der Waals surface area (Å²) in [6.45, 7) is 3.02. The summed E-state index contributed by atoms with van der Waals surface area (Å²) >= 11 is 0. The lowest BCUT2D eigenvalue weighted by molar-refractivity contribution is -0.145. The highest BCUT2D eigenvalue weighted by molar-refractivity contribution is 5.69. The SMILES string of the molecule is COCCOC(=O)CCC1CCCNC1. The van der Waals surface area contributed by atoms with Gasteiger partial charge in [0, 0.05) is 13.5 Å². The van der Waals surface area contributed by atoms with Gasteiger partial charge in [-0.1, -0.05) is 0 Å². The molecule has 0 amide bonds. The fourth-order valence-electron chi connectivity index (χ4n) is 1.80. The van der Waals surface area contributed by atoms with Gasteiger partial charge >= 0.3 is 5.97 Å². The molecule has 0 aromatic carbocycles. The summed E-state index contributed by atoms with van der Waals surface area (Å²) in [5.74, 6) is 0.548. The number of nitrogens with one attached hydrogen (secondary N) is 1. The molecule has 0 aromatic heterocycles. The Bertz CT molecular complexity index is 179. The number of ether oxygens (including phenoxy) is 2. The fourth-order valence-corrected chi connectivity index (χ4v) is 1.80. The van der Waals surface area contributed by atoms with Crippen LogP contribution in [0.25, 0.3) is 0 Å². The number of rotatable bonds is 6. The minimum Gasteiger partial charge on any atom is -0.463 e. The van der Waals surface area contributed by atoms with E-state index in [1.54, 1.807) is 7.11 Å². The van der Waals surface area contributed by atoms with E-state index in [0.29, 0.717) is 25.6 Å². The Morgan fingerprint density at radius 3 is 3.00 bits per heavy atom. The maximum Gasteiger partial charge on any atom is 0.305 e. The van der Waals surface area contributed by atoms with Crippen LogP contribution in [0.3, 0.4) is 0 Å². The summed E-state index contributed by atoms with van der Waals surface area (Å²) in [5, 5.41) is 3.34. The van der Waals surface area contributed by atoms with Crippen LogP contribution in [0.1, 0.15) is 25.7 Å². The second-order valence-electron chi connectivity index (χ2n) is 3.96. The largest absolute Gasteiger partial charge is 0.463 e. The van der Waals surface area contributed by atoms with Crippen LogP contribution in [0.5, 0.6) is 0 Å². The van der Waals surface area contributed by atoms with E-state index in [9.17, 15) is 4.79 Å². The average molecular weight is 215 g/mol. The van der Waals surface area contributed by atoms with E-state index < -0.39 is 0 Å². The molecule has 1 N–H and O–H groups in total. The van der Waals surface area contributed by atoms with Gasteiger partial charge in [0.2, 0.25) is 0 Å². The third kappa shape index (κ3) is 5.74. The van der Waals surface area contributed by atoms with Crippen molar-refractivity contribution < 1.29 is 14.3 Å². The fraction of sp³-hybridized carbons (Fsp3) is 0.909. The molecule has 0 spiro atoms. The van der Waals surface area contributed by atoms with Crippen LogP contribution < -0.4 is 5.32 Å². The van der Waals surface area contributed by atoms with Gasteiger partial charge < -0.3 is 14.8 Å². The van der Waals surface area contributed by atoms with Gasteiger partial charge in [-0.25, -0.2) is 0 Å². The number of hydrogen-bond donors (Lipinski definition) is 1. The van der Waals surface area contributed by atoms with Crippen LogP contribution in [-0.4, -0.2) is 39.4 Å². The zero-order valence-corrected chi connectivity index (χ0v) is 9.46. The molecule has 1 aliphatic heterocycles. The molecule has 0 aromatic rings. The summed E-state index contributed by atoms with van der Waals surface area (Å²) in [4.78, 5) is 11.3. The molecule has 1 aliphatic rings. The maximum atomic E-state index is 11.3. The van der Waals surface area contributed by atoms with Gasteiger partial charge in [-0.05, 0) is 38.3 Å². The first-order valence-electron chi connectivity index (χ1n) is 5.68. The second-order valence-corrected chi connectivity index (χ2v) is 3.96. The lowest BCUT2D eigenvalue weighted by atomic mass is 9.95. The Labute approximate surface area is 91.3 Å². The van der Waals surface area contributed by atoms with E-state index in [4.69, 9.17) is 9.47 Å². The lowest BCUT2D eigenvalue weighted by Gasteiger charge is -2.22. The normalized spacial score (nSPS) is 21.3. The molecule has 0 saturated carbocycles. The Hall–Kier alpha value is -0.610. The molecule has 1 atom stereocenters. The highest BCUT2D eigenvalue weighted by atomic mass is 16.6. The number of carbonyl (C=O) groups excluding carboxylic acids is 1. The Kier molecular flexibility index (Phi) is 6.36. The molecule has 1 heterocycles. The maximum absolute atomic E-state index is 11.3. The topological polar surface area (TPSA) is 47.6 Å². The van der Waals surface area contributed by atoms with Crippen LogP contribution in [0, 0.1) is 5.92 Å². The zero-order valence-electron chi connectivity index (χ0n) is 9.46. The van der Waals surface area contributed by atoms with Crippen molar-refractivity contribution in [2.24, 2.45) is 5.92 Å². The van der Waals surface area contributed by atoms with Crippen molar-refractivity contribution in [1.29, 1.82) is 0 Å². The molecular weight excluding hydrogens is 194 g/mol. The first-order chi connectivity index (χ1) is 7.33. The number of piperidine rings is 1. The van der Waals surface area contributed by atoms with Gasteiger partial charge in [-0.3, -0.25) is 4.79 Å². The molecule has 0 aliphatic carbocycles. The molecule has 88 valence electrons. The summed E-state index contributed by atoms with van der Waals surface area (Å²) < 4.78 is 9.79. The van der Waals surface area contributed by atoms with Crippen molar-refractivity contribution in [3.63, 3.8) is 0 Å². The molecule has 1 fully saturated rings. The summed E-state index contributed by atoms with van der Waals surface area (Å²) in [5.41, 5.74) is 0. The van der Waals surface area contributed by atoms with Gasteiger partial charge in [0.25, 0.3) is 0 Å². The molecular formula is C11H21NO3. The van der Waals surface area contributed by atoms with Gasteiger partial charge in [-0.15, -0.1) is 0 Å². The predicted molar refractivity (Wildman–Crippen MR) is 57.7 cm³/mol. The summed E-state index contributed by atoms with van der Waals surface area (Å²) in [6.07, 6.45) is 3.94. The highest BCUT2D eigenvalue weighted by Crippen LogP contribution is 2.15. The minimum absolute atomic E-state index is 0.0994. The van der Waals surface area contributed by atoms with E-state index >= 15 is 0 Å². The minimum atomic E-state index is -0.0994. The van der Waals surface area contributed by atoms with Crippen molar-refractivity contribution in [3.05, 3.63) is 0 Å². The van der Waals surface area contributed by atoms with Crippen LogP contribution >= 0.6 is 0 Å². The van der Waals surface area contributed by atoms with Crippen LogP contribution in [0.15, 0.2) is 0 Å². The van der Waals surface area contributed by atoms with Gasteiger partial charge in [0.05, 0.1) is 6.61 Å². The summed E-state index contributed by atoms with van der Waals surface area (Å²) in [7, 11) is 1.60. The van der Waals surface area contributed by atoms with Gasteiger partial charge in [0.1, 0.15) is 6.61 Å². The number of esters is 1. The molecule has 0 radical (unpaired) electrons. The molecule has 1 unspecified atom stereocenters. The predicted octanol–water partition coefficient (Wildman–Crippen LogP) is 0.956. The van der Waals surface area contributed by atoms with Crippen molar-refractivity contribution in [3.8, 4) is 0 Å². The molecule has 1 saturated heterocycles. The van der Waals surface area contributed by atoms with Crippen molar-refractivity contribution in [2.45, 2.75) is 25.7 Å². The smallest absolute Gasteiger partial charge is 0.305 e. The molecule has 0 bridgehead atoms. The van der Waals surface area contributed by atoms with Crippen LogP contribution in [-0.2, 0) is 14.3 Å². The lowest BCUT2D eigenvalue weighted by Crippen LogP contribution is -2.30. The van der Waals surface area contributed by atoms with Gasteiger partial charge in [0.15, 0.2) is 0 Å². The molecule has 4 heteroatoms. The Morgan fingerprint density at radius 2 is 2.33 bits per heavy atom. The number of carbonyl (C=O) groups is 1. The van der Waals surface area contributed by atoms with E-state index in [2.05, 4.69) is 5.32 Å². The number of hydrogen-bond acceptors (Lipinski definition) is 4. The van der Waals surface area contributed by atoms with E-state index in [1.807, 2.05) is 0 Å².